The molecular weight excluding hydrogens is 188 g/mol. The Balaban J connectivity index is 2.75. The third kappa shape index (κ3) is 3.10. The van der Waals surface area contributed by atoms with Gasteiger partial charge in [-0.25, -0.2) is 0 Å². The van der Waals surface area contributed by atoms with Gasteiger partial charge < -0.3 is 5.32 Å². The Labute approximate surface area is 89.7 Å². The molecule has 0 unspecified atom stereocenters. The smallest absolute Gasteiger partial charge is 0.223 e. The minimum absolute atomic E-state index is 0.106. The molecule has 1 atom stereocenters. The van der Waals surface area contributed by atoms with Crippen LogP contribution in [0.2, 0.25) is 0 Å². The van der Waals surface area contributed by atoms with Crippen molar-refractivity contribution in [2.45, 2.75) is 19.9 Å². The van der Waals surface area contributed by atoms with Crippen LogP contribution in [-0.4, -0.2) is 5.91 Å². The van der Waals surface area contributed by atoms with Gasteiger partial charge in [0.25, 0.3) is 0 Å². The minimum Gasteiger partial charge on any atom is -0.336 e. The molecule has 3 heteroatoms. The molecule has 1 N–H and O–H groups in total. The Kier molecular flexibility index (Phi) is 3.87. The zero-order valence-electron chi connectivity index (χ0n) is 8.90. The Bertz CT molecular complexity index is 365. The number of carbonyl (C=O) groups excluding carboxylic acids is 1. The maximum atomic E-state index is 11.4. The fourth-order valence-corrected chi connectivity index (χ4v) is 1.14. The normalized spacial score (nSPS) is 11.9. The van der Waals surface area contributed by atoms with Crippen LogP contribution in [0.5, 0.6) is 0 Å². The molecule has 1 aromatic rings. The van der Waals surface area contributed by atoms with E-state index in [1.807, 2.05) is 30.3 Å². The maximum absolute atomic E-state index is 11.4. The summed E-state index contributed by atoms with van der Waals surface area (Å²) in [6.07, 6.45) is 0. The first-order valence-corrected chi connectivity index (χ1v) is 4.90. The molecule has 1 aromatic carbocycles. The number of carbonyl (C=O) groups is 1. The fraction of sp³-hybridized carbons (Fsp3) is 0.333. The summed E-state index contributed by atoms with van der Waals surface area (Å²) in [5, 5.41) is 11.6. The van der Waals surface area contributed by atoms with Gasteiger partial charge in [0, 0.05) is 5.92 Å². The molecule has 0 heterocycles. The van der Waals surface area contributed by atoms with E-state index in [0.717, 1.165) is 5.56 Å². The number of nitrogens with one attached hydrogen (secondary N) is 1. The molecule has 15 heavy (non-hydrogen) atoms. The lowest BCUT2D eigenvalue weighted by molar-refractivity contribution is -0.124. The first kappa shape index (κ1) is 11.3. The Morgan fingerprint density at radius 3 is 2.40 bits per heavy atom. The Morgan fingerprint density at radius 1 is 1.33 bits per heavy atom. The van der Waals surface area contributed by atoms with Gasteiger partial charge in [-0.2, -0.15) is 5.26 Å². The molecule has 0 bridgehead atoms. The fourth-order valence-electron chi connectivity index (χ4n) is 1.14. The van der Waals surface area contributed by atoms with Crippen molar-refractivity contribution in [1.29, 1.82) is 5.26 Å². The van der Waals surface area contributed by atoms with Crippen molar-refractivity contribution in [3.63, 3.8) is 0 Å². The SMILES string of the molecule is CC(C)C(=O)N[C@H](C#N)c1ccccc1. The number of hydrogen-bond donors (Lipinski definition) is 1. The number of benzene rings is 1. The van der Waals surface area contributed by atoms with E-state index < -0.39 is 6.04 Å². The van der Waals surface area contributed by atoms with E-state index in [1.54, 1.807) is 13.8 Å². The van der Waals surface area contributed by atoms with Gasteiger partial charge in [0.2, 0.25) is 5.91 Å². The summed E-state index contributed by atoms with van der Waals surface area (Å²) < 4.78 is 0. The lowest BCUT2D eigenvalue weighted by Gasteiger charge is -2.13. The Morgan fingerprint density at radius 2 is 1.93 bits per heavy atom. The second-order valence-corrected chi connectivity index (χ2v) is 3.64. The molecule has 0 saturated heterocycles. The third-order valence-corrected chi connectivity index (χ3v) is 2.07. The van der Waals surface area contributed by atoms with E-state index in [4.69, 9.17) is 5.26 Å². The average molecular weight is 202 g/mol. The van der Waals surface area contributed by atoms with Crippen LogP contribution in [-0.2, 0) is 4.79 Å². The first-order chi connectivity index (χ1) is 7.15. The van der Waals surface area contributed by atoms with Gasteiger partial charge in [-0.1, -0.05) is 44.2 Å². The number of amides is 1. The van der Waals surface area contributed by atoms with Crippen molar-refractivity contribution in [2.75, 3.05) is 0 Å². The van der Waals surface area contributed by atoms with Crippen LogP contribution in [0.15, 0.2) is 30.3 Å². The predicted molar refractivity (Wildman–Crippen MR) is 57.8 cm³/mol. The molecule has 1 amide bonds. The highest BCUT2D eigenvalue weighted by Gasteiger charge is 2.15. The topological polar surface area (TPSA) is 52.9 Å². The molecule has 0 spiro atoms. The zero-order valence-corrected chi connectivity index (χ0v) is 8.90. The summed E-state index contributed by atoms with van der Waals surface area (Å²) in [4.78, 5) is 11.4. The van der Waals surface area contributed by atoms with E-state index in [9.17, 15) is 4.79 Å². The molecule has 0 aliphatic rings. The second kappa shape index (κ2) is 5.16. The second-order valence-electron chi connectivity index (χ2n) is 3.64. The largest absolute Gasteiger partial charge is 0.336 e. The van der Waals surface area contributed by atoms with Gasteiger partial charge in [0.1, 0.15) is 6.04 Å². The standard InChI is InChI=1S/C12H14N2O/c1-9(2)12(15)14-11(8-13)10-6-4-3-5-7-10/h3-7,9,11H,1-2H3,(H,14,15)/t11-/m1/s1. The molecule has 0 fully saturated rings. The van der Waals surface area contributed by atoms with Gasteiger partial charge in [-0.05, 0) is 5.56 Å². The van der Waals surface area contributed by atoms with Crippen molar-refractivity contribution in [3.05, 3.63) is 35.9 Å². The molecule has 0 saturated carbocycles. The van der Waals surface area contributed by atoms with Crippen LogP contribution in [0.1, 0.15) is 25.5 Å². The molecule has 78 valence electrons. The van der Waals surface area contributed by atoms with Crippen molar-refractivity contribution in [2.24, 2.45) is 5.92 Å². The zero-order chi connectivity index (χ0) is 11.3. The lowest BCUT2D eigenvalue weighted by atomic mass is 10.1. The summed E-state index contributed by atoms with van der Waals surface area (Å²) in [6.45, 7) is 3.60. The quantitative estimate of drug-likeness (QED) is 0.815. The van der Waals surface area contributed by atoms with Gasteiger partial charge in [0.15, 0.2) is 0 Å². The maximum Gasteiger partial charge on any atom is 0.223 e. The van der Waals surface area contributed by atoms with Gasteiger partial charge in [-0.15, -0.1) is 0 Å². The van der Waals surface area contributed by atoms with Crippen LogP contribution >= 0.6 is 0 Å². The molecule has 0 aliphatic carbocycles. The summed E-state index contributed by atoms with van der Waals surface area (Å²) in [5.74, 6) is -0.213. The van der Waals surface area contributed by atoms with E-state index >= 15 is 0 Å². The predicted octanol–water partition coefficient (Wildman–Crippen LogP) is 2.02. The number of rotatable bonds is 3. The van der Waals surface area contributed by atoms with Crippen molar-refractivity contribution < 1.29 is 4.79 Å². The molecule has 1 rings (SSSR count). The van der Waals surface area contributed by atoms with E-state index in [0.29, 0.717) is 0 Å². The average Bonchev–Trinajstić information content (AvgIpc) is 2.26. The number of nitrogens with zero attached hydrogens (tertiary/aromatic N) is 1. The van der Waals surface area contributed by atoms with Crippen LogP contribution in [0.25, 0.3) is 0 Å². The van der Waals surface area contributed by atoms with Gasteiger partial charge in [-0.3, -0.25) is 4.79 Å². The van der Waals surface area contributed by atoms with Crippen molar-refractivity contribution in [1.82, 2.24) is 5.32 Å². The number of hydrogen-bond acceptors (Lipinski definition) is 2. The molecule has 0 radical (unpaired) electrons. The molecule has 0 aliphatic heterocycles. The van der Waals surface area contributed by atoms with Crippen LogP contribution in [0.3, 0.4) is 0 Å². The van der Waals surface area contributed by atoms with Gasteiger partial charge >= 0.3 is 0 Å². The van der Waals surface area contributed by atoms with Crippen molar-refractivity contribution >= 4 is 5.91 Å². The molecular formula is C12H14N2O. The monoisotopic (exact) mass is 202 g/mol. The van der Waals surface area contributed by atoms with Gasteiger partial charge in [0.05, 0.1) is 6.07 Å². The van der Waals surface area contributed by atoms with Crippen molar-refractivity contribution in [3.8, 4) is 6.07 Å². The lowest BCUT2D eigenvalue weighted by Crippen LogP contribution is -2.31. The summed E-state index contributed by atoms with van der Waals surface area (Å²) >= 11 is 0. The molecule has 3 nitrogen and oxygen atoms in total. The van der Waals surface area contributed by atoms with E-state index in [2.05, 4.69) is 11.4 Å². The third-order valence-electron chi connectivity index (χ3n) is 2.07. The highest BCUT2D eigenvalue weighted by atomic mass is 16.1. The van der Waals surface area contributed by atoms with Crippen LogP contribution in [0, 0.1) is 17.2 Å². The summed E-state index contributed by atoms with van der Waals surface area (Å²) in [5.41, 5.74) is 0.814. The van der Waals surface area contributed by atoms with Crippen LogP contribution in [0.4, 0.5) is 0 Å². The highest BCUT2D eigenvalue weighted by Crippen LogP contribution is 2.11. The minimum atomic E-state index is -0.555. The van der Waals surface area contributed by atoms with E-state index in [-0.39, 0.29) is 11.8 Å². The summed E-state index contributed by atoms with van der Waals surface area (Å²) in [7, 11) is 0. The Hall–Kier alpha value is -1.82. The molecule has 0 aromatic heterocycles. The highest BCUT2D eigenvalue weighted by molar-refractivity contribution is 5.78. The summed E-state index contributed by atoms with van der Waals surface area (Å²) in [6, 6.07) is 10.7. The number of nitriles is 1. The van der Waals surface area contributed by atoms with E-state index in [1.165, 1.54) is 0 Å². The first-order valence-electron chi connectivity index (χ1n) is 4.90. The van der Waals surface area contributed by atoms with Crippen LogP contribution < -0.4 is 5.32 Å².